The number of aliphatic hydroxyl groups is 1. The van der Waals surface area contributed by atoms with Crippen molar-refractivity contribution in [3.8, 4) is 0 Å². The van der Waals surface area contributed by atoms with Crippen LogP contribution in [0.2, 0.25) is 0 Å². The highest BCUT2D eigenvalue weighted by atomic mass is 32.2. The van der Waals surface area contributed by atoms with E-state index in [1.807, 2.05) is 0 Å². The highest BCUT2D eigenvalue weighted by Crippen LogP contribution is 2.07. The van der Waals surface area contributed by atoms with Crippen molar-refractivity contribution in [3.63, 3.8) is 0 Å². The molecule has 1 fully saturated rings. The molecule has 0 aliphatic carbocycles. The van der Waals surface area contributed by atoms with Gasteiger partial charge in [0.25, 0.3) is 0 Å². The molecular weight excluding hydrogens is 232 g/mol. The molecule has 0 aromatic rings. The van der Waals surface area contributed by atoms with Crippen molar-refractivity contribution in [2.45, 2.75) is 18.6 Å². The summed E-state index contributed by atoms with van der Waals surface area (Å²) in [4.78, 5) is 21.8. The van der Waals surface area contributed by atoms with Gasteiger partial charge in [0.05, 0.1) is 6.04 Å². The fourth-order valence-electron chi connectivity index (χ4n) is 1.31. The van der Waals surface area contributed by atoms with Crippen molar-refractivity contribution >= 4 is 23.6 Å². The van der Waals surface area contributed by atoms with Crippen LogP contribution in [0.3, 0.4) is 0 Å². The molecule has 0 radical (unpaired) electrons. The molecule has 7 heteroatoms. The molecule has 92 valence electrons. The average molecular weight is 248 g/mol. The number of carbonyl (C=O) groups is 2. The van der Waals surface area contributed by atoms with Crippen molar-refractivity contribution in [2.24, 2.45) is 0 Å². The second kappa shape index (κ2) is 6.72. The molecule has 0 aromatic heterocycles. The highest BCUT2D eigenvalue weighted by molar-refractivity contribution is 7.99. The Morgan fingerprint density at radius 1 is 1.56 bits per heavy atom. The fraction of sp³-hybridized carbons (Fsp3) is 0.778. The zero-order valence-corrected chi connectivity index (χ0v) is 9.63. The number of carboxylic acids is 1. The zero-order valence-electron chi connectivity index (χ0n) is 8.81. The van der Waals surface area contributed by atoms with Gasteiger partial charge in [-0.05, 0) is 0 Å². The molecule has 1 aliphatic rings. The summed E-state index contributed by atoms with van der Waals surface area (Å²) in [5.41, 5.74) is 0. The molecule has 1 rings (SSSR count). The van der Waals surface area contributed by atoms with Gasteiger partial charge >= 0.3 is 5.97 Å². The van der Waals surface area contributed by atoms with Crippen LogP contribution < -0.4 is 10.6 Å². The lowest BCUT2D eigenvalue weighted by atomic mass is 10.2. The topological polar surface area (TPSA) is 98.7 Å². The van der Waals surface area contributed by atoms with E-state index in [2.05, 4.69) is 10.6 Å². The number of carboxylic acid groups (broad SMARTS) is 1. The Balaban J connectivity index is 2.16. The summed E-state index contributed by atoms with van der Waals surface area (Å²) in [5.74, 6) is 0.333. The van der Waals surface area contributed by atoms with E-state index in [0.717, 1.165) is 18.1 Å². The number of hydrogen-bond acceptors (Lipinski definition) is 5. The van der Waals surface area contributed by atoms with E-state index in [4.69, 9.17) is 10.2 Å². The minimum Gasteiger partial charge on any atom is -0.479 e. The Bertz CT molecular complexity index is 256. The van der Waals surface area contributed by atoms with E-state index in [1.165, 1.54) is 0 Å². The van der Waals surface area contributed by atoms with Gasteiger partial charge in [0, 0.05) is 31.0 Å². The number of aliphatic carboxylic acids is 1. The van der Waals surface area contributed by atoms with E-state index < -0.39 is 12.1 Å². The van der Waals surface area contributed by atoms with E-state index in [0.29, 0.717) is 0 Å². The molecule has 1 aliphatic heterocycles. The van der Waals surface area contributed by atoms with Gasteiger partial charge in [0.15, 0.2) is 6.10 Å². The summed E-state index contributed by atoms with van der Waals surface area (Å²) in [5, 5.41) is 23.1. The van der Waals surface area contributed by atoms with Gasteiger partial charge in [-0.3, -0.25) is 4.79 Å². The maximum atomic E-state index is 11.5. The molecule has 1 saturated heterocycles. The number of rotatable bonds is 5. The first kappa shape index (κ1) is 13.3. The van der Waals surface area contributed by atoms with Crippen LogP contribution >= 0.6 is 11.8 Å². The molecule has 2 unspecified atom stereocenters. The van der Waals surface area contributed by atoms with Crippen LogP contribution in [0, 0.1) is 0 Å². The van der Waals surface area contributed by atoms with Crippen LogP contribution in [-0.4, -0.2) is 58.8 Å². The van der Waals surface area contributed by atoms with Gasteiger partial charge in [-0.2, -0.15) is 11.8 Å². The Morgan fingerprint density at radius 2 is 2.31 bits per heavy atom. The first-order valence-corrected chi connectivity index (χ1v) is 6.26. The molecule has 16 heavy (non-hydrogen) atoms. The van der Waals surface area contributed by atoms with Crippen molar-refractivity contribution in [1.29, 1.82) is 0 Å². The van der Waals surface area contributed by atoms with Gasteiger partial charge in [-0.25, -0.2) is 4.79 Å². The zero-order chi connectivity index (χ0) is 12.0. The van der Waals surface area contributed by atoms with Gasteiger partial charge in [0.2, 0.25) is 5.91 Å². The van der Waals surface area contributed by atoms with E-state index in [9.17, 15) is 9.59 Å². The first-order chi connectivity index (χ1) is 7.61. The summed E-state index contributed by atoms with van der Waals surface area (Å²) < 4.78 is 0. The van der Waals surface area contributed by atoms with Crippen LogP contribution in [0.15, 0.2) is 0 Å². The summed E-state index contributed by atoms with van der Waals surface area (Å²) >= 11 is 1.71. The third-order valence-electron chi connectivity index (χ3n) is 2.24. The largest absolute Gasteiger partial charge is 0.479 e. The van der Waals surface area contributed by atoms with E-state index >= 15 is 0 Å². The lowest BCUT2D eigenvalue weighted by molar-refractivity contribution is -0.147. The molecule has 1 amide bonds. The van der Waals surface area contributed by atoms with Gasteiger partial charge in [-0.15, -0.1) is 0 Å². The molecule has 2 atom stereocenters. The van der Waals surface area contributed by atoms with E-state index in [1.54, 1.807) is 11.8 Å². The van der Waals surface area contributed by atoms with Crippen molar-refractivity contribution in [1.82, 2.24) is 10.6 Å². The summed E-state index contributed by atoms with van der Waals surface area (Å²) in [7, 11) is 0. The number of hydrogen-bond donors (Lipinski definition) is 4. The average Bonchev–Trinajstić information content (AvgIpc) is 2.29. The Hall–Kier alpha value is -0.790. The first-order valence-electron chi connectivity index (χ1n) is 5.11. The second-order valence-electron chi connectivity index (χ2n) is 3.52. The summed E-state index contributed by atoms with van der Waals surface area (Å²) in [6.07, 6.45) is -1.38. The maximum absolute atomic E-state index is 11.5. The Kier molecular flexibility index (Phi) is 5.58. The number of aliphatic hydroxyl groups excluding tert-OH is 1. The number of amides is 1. The van der Waals surface area contributed by atoms with Gasteiger partial charge in [0.1, 0.15) is 0 Å². The molecule has 6 nitrogen and oxygen atoms in total. The lowest BCUT2D eigenvalue weighted by Gasteiger charge is -2.22. The highest BCUT2D eigenvalue weighted by Gasteiger charge is 2.21. The minimum atomic E-state index is -1.41. The fourth-order valence-corrected chi connectivity index (χ4v) is 2.25. The van der Waals surface area contributed by atoms with Crippen LogP contribution in [0.1, 0.15) is 6.42 Å². The third kappa shape index (κ3) is 4.38. The monoisotopic (exact) mass is 248 g/mol. The van der Waals surface area contributed by atoms with Gasteiger partial charge in [-0.1, -0.05) is 0 Å². The van der Waals surface area contributed by atoms with Crippen LogP contribution in [0.5, 0.6) is 0 Å². The maximum Gasteiger partial charge on any atom is 0.332 e. The standard InChI is InChI=1S/C9H16N2O4S/c12-7(9(14)15)1-2-11-8(13)6-5-16-4-3-10-6/h6-7,10,12H,1-5H2,(H,11,13)(H,14,15). The molecule has 1 heterocycles. The molecule has 0 aromatic carbocycles. The normalized spacial score (nSPS) is 22.4. The summed E-state index contributed by atoms with van der Waals surface area (Å²) in [6.45, 7) is 0.982. The minimum absolute atomic E-state index is 0.0287. The Morgan fingerprint density at radius 3 is 2.88 bits per heavy atom. The molecule has 4 N–H and O–H groups in total. The molecule has 0 spiro atoms. The number of thioether (sulfide) groups is 1. The number of carbonyl (C=O) groups excluding carboxylic acids is 1. The van der Waals surface area contributed by atoms with Crippen molar-refractivity contribution in [3.05, 3.63) is 0 Å². The van der Waals surface area contributed by atoms with Crippen LogP contribution in [0.25, 0.3) is 0 Å². The lowest BCUT2D eigenvalue weighted by Crippen LogP contribution is -2.49. The predicted molar refractivity (Wildman–Crippen MR) is 60.4 cm³/mol. The quantitative estimate of drug-likeness (QED) is 0.480. The second-order valence-corrected chi connectivity index (χ2v) is 4.67. The van der Waals surface area contributed by atoms with Gasteiger partial charge < -0.3 is 20.8 Å². The Labute approximate surface area is 97.8 Å². The molecule has 0 saturated carbocycles. The SMILES string of the molecule is O=C(O)C(O)CCNC(=O)C1CSCCN1. The smallest absolute Gasteiger partial charge is 0.332 e. The number of nitrogens with one attached hydrogen (secondary N) is 2. The van der Waals surface area contributed by atoms with Crippen molar-refractivity contribution < 1.29 is 19.8 Å². The predicted octanol–water partition coefficient (Wildman–Crippen LogP) is -1.36. The molecular formula is C9H16N2O4S. The van der Waals surface area contributed by atoms with Crippen molar-refractivity contribution in [2.75, 3.05) is 24.6 Å². The third-order valence-corrected chi connectivity index (χ3v) is 3.30. The summed E-state index contributed by atoms with van der Waals surface area (Å²) in [6, 6.07) is -0.208. The van der Waals surface area contributed by atoms with E-state index in [-0.39, 0.29) is 24.9 Å². The molecule has 0 bridgehead atoms. The van der Waals surface area contributed by atoms with Crippen LogP contribution in [0.4, 0.5) is 0 Å². The van der Waals surface area contributed by atoms with Crippen LogP contribution in [-0.2, 0) is 9.59 Å².